The Hall–Kier alpha value is -1.11. The highest BCUT2D eigenvalue weighted by atomic mass is 79.9. The fourth-order valence-corrected chi connectivity index (χ4v) is 1.64. The summed E-state index contributed by atoms with van der Waals surface area (Å²) in [5.41, 5.74) is -1.60. The molecule has 1 aromatic rings. The summed E-state index contributed by atoms with van der Waals surface area (Å²) in [6.07, 6.45) is -4.58. The van der Waals surface area contributed by atoms with Gasteiger partial charge in [0.05, 0.1) is 10.5 Å². The summed E-state index contributed by atoms with van der Waals surface area (Å²) in [6.45, 7) is 1.10. The number of nitro groups is 1. The summed E-state index contributed by atoms with van der Waals surface area (Å²) < 4.78 is 37.7. The second kappa shape index (κ2) is 4.40. The molecular formula is C9H7BrF3NO2. The summed E-state index contributed by atoms with van der Waals surface area (Å²) in [7, 11) is 0. The zero-order valence-electron chi connectivity index (χ0n) is 8.14. The predicted octanol–water partition coefficient (Wildman–Crippen LogP) is 3.82. The van der Waals surface area contributed by atoms with E-state index in [1.54, 1.807) is 0 Å². The van der Waals surface area contributed by atoms with Gasteiger partial charge in [0.25, 0.3) is 5.69 Å². The molecule has 0 amide bonds. The molecule has 0 aliphatic rings. The summed E-state index contributed by atoms with van der Waals surface area (Å²) >= 11 is 2.98. The van der Waals surface area contributed by atoms with E-state index in [4.69, 9.17) is 0 Å². The number of hydrogen-bond acceptors (Lipinski definition) is 2. The van der Waals surface area contributed by atoms with E-state index >= 15 is 0 Å². The average molecular weight is 298 g/mol. The van der Waals surface area contributed by atoms with Crippen molar-refractivity contribution in [3.05, 3.63) is 38.9 Å². The molecule has 0 bridgehead atoms. The largest absolute Gasteiger partial charge is 0.416 e. The van der Waals surface area contributed by atoms with Crippen molar-refractivity contribution in [3.63, 3.8) is 0 Å². The smallest absolute Gasteiger partial charge is 0.258 e. The van der Waals surface area contributed by atoms with E-state index < -0.39 is 22.4 Å². The van der Waals surface area contributed by atoms with Gasteiger partial charge in [-0.15, -0.1) is 0 Å². The van der Waals surface area contributed by atoms with Crippen LogP contribution in [-0.4, -0.2) is 4.92 Å². The monoisotopic (exact) mass is 297 g/mol. The van der Waals surface area contributed by atoms with E-state index in [-0.39, 0.29) is 16.5 Å². The van der Waals surface area contributed by atoms with Crippen LogP contribution in [0.4, 0.5) is 18.9 Å². The molecule has 88 valence electrons. The van der Waals surface area contributed by atoms with Gasteiger partial charge in [-0.3, -0.25) is 10.1 Å². The minimum atomic E-state index is -4.58. The van der Waals surface area contributed by atoms with Gasteiger partial charge >= 0.3 is 6.18 Å². The number of alkyl halides is 4. The third-order valence-electron chi connectivity index (χ3n) is 2.10. The molecule has 0 saturated heterocycles. The molecule has 0 fully saturated rings. The number of hydrogen-bond donors (Lipinski definition) is 0. The maximum Gasteiger partial charge on any atom is 0.416 e. The van der Waals surface area contributed by atoms with Crippen LogP contribution in [0.3, 0.4) is 0 Å². The Labute approximate surface area is 97.5 Å². The fraction of sp³-hybridized carbons (Fsp3) is 0.333. The lowest BCUT2D eigenvalue weighted by atomic mass is 10.0. The van der Waals surface area contributed by atoms with Crippen LogP contribution in [0.5, 0.6) is 0 Å². The standard InChI is InChI=1S/C9H7BrF3NO2/c1-5-7(9(11,12)13)2-6(4-10)3-8(5)14(15)16/h2-3H,4H2,1H3. The third kappa shape index (κ3) is 2.52. The van der Waals surface area contributed by atoms with Crippen LogP contribution >= 0.6 is 15.9 Å². The van der Waals surface area contributed by atoms with Crippen LogP contribution < -0.4 is 0 Å². The van der Waals surface area contributed by atoms with Crippen molar-refractivity contribution in [1.29, 1.82) is 0 Å². The van der Waals surface area contributed by atoms with E-state index in [2.05, 4.69) is 15.9 Å². The van der Waals surface area contributed by atoms with Gasteiger partial charge in [0, 0.05) is 17.0 Å². The quantitative estimate of drug-likeness (QED) is 0.473. The molecule has 0 spiro atoms. The Morgan fingerprint density at radius 1 is 1.44 bits per heavy atom. The maximum atomic E-state index is 12.6. The van der Waals surface area contributed by atoms with Gasteiger partial charge in [-0.1, -0.05) is 15.9 Å². The first-order chi connectivity index (χ1) is 7.27. The maximum absolute atomic E-state index is 12.6. The van der Waals surface area contributed by atoms with E-state index in [1.807, 2.05) is 0 Å². The van der Waals surface area contributed by atoms with Gasteiger partial charge in [0.1, 0.15) is 0 Å². The Bertz CT molecular complexity index is 431. The van der Waals surface area contributed by atoms with Crippen molar-refractivity contribution >= 4 is 21.6 Å². The van der Waals surface area contributed by atoms with Crippen LogP contribution in [0.25, 0.3) is 0 Å². The van der Waals surface area contributed by atoms with Crippen molar-refractivity contribution in [2.24, 2.45) is 0 Å². The van der Waals surface area contributed by atoms with Crippen LogP contribution in [0, 0.1) is 17.0 Å². The molecule has 0 radical (unpaired) electrons. The minimum Gasteiger partial charge on any atom is -0.258 e. The van der Waals surface area contributed by atoms with Gasteiger partial charge in [0.15, 0.2) is 0 Å². The first kappa shape index (κ1) is 13.0. The molecule has 1 rings (SSSR count). The van der Waals surface area contributed by atoms with Crippen molar-refractivity contribution in [3.8, 4) is 0 Å². The number of nitrogens with zero attached hydrogens (tertiary/aromatic N) is 1. The molecule has 0 aromatic heterocycles. The molecule has 0 N–H and O–H groups in total. The molecule has 7 heteroatoms. The molecule has 3 nitrogen and oxygen atoms in total. The molecule has 0 atom stereocenters. The molecule has 0 aliphatic heterocycles. The molecule has 0 aliphatic carbocycles. The van der Waals surface area contributed by atoms with Gasteiger partial charge in [-0.25, -0.2) is 0 Å². The Kier molecular flexibility index (Phi) is 3.57. The highest BCUT2D eigenvalue weighted by Gasteiger charge is 2.35. The van der Waals surface area contributed by atoms with Crippen molar-refractivity contribution in [2.45, 2.75) is 18.4 Å². The molecule has 0 unspecified atom stereocenters. The summed E-state index contributed by atoms with van der Waals surface area (Å²) in [4.78, 5) is 9.78. The third-order valence-corrected chi connectivity index (χ3v) is 2.74. The molecule has 16 heavy (non-hydrogen) atoms. The predicted molar refractivity (Wildman–Crippen MR) is 55.5 cm³/mol. The number of rotatable bonds is 2. The molecule has 0 saturated carbocycles. The van der Waals surface area contributed by atoms with Crippen molar-refractivity contribution in [2.75, 3.05) is 0 Å². The van der Waals surface area contributed by atoms with Crippen LogP contribution in [0.2, 0.25) is 0 Å². The second-order valence-corrected chi connectivity index (χ2v) is 3.74. The SMILES string of the molecule is Cc1c([N+](=O)[O-])cc(CBr)cc1C(F)(F)F. The lowest BCUT2D eigenvalue weighted by molar-refractivity contribution is -0.385. The van der Waals surface area contributed by atoms with E-state index in [1.165, 1.54) is 0 Å². The topological polar surface area (TPSA) is 43.1 Å². The van der Waals surface area contributed by atoms with Gasteiger partial charge < -0.3 is 0 Å². The number of nitro benzene ring substituents is 1. The van der Waals surface area contributed by atoms with E-state index in [0.29, 0.717) is 0 Å². The number of benzene rings is 1. The minimum absolute atomic E-state index is 0.136. The van der Waals surface area contributed by atoms with Gasteiger partial charge in [0.2, 0.25) is 0 Å². The lowest BCUT2D eigenvalue weighted by Crippen LogP contribution is -2.10. The average Bonchev–Trinajstić information content (AvgIpc) is 2.15. The molecular weight excluding hydrogens is 291 g/mol. The Morgan fingerprint density at radius 3 is 2.38 bits per heavy atom. The Morgan fingerprint density at radius 2 is 2.00 bits per heavy atom. The fourth-order valence-electron chi connectivity index (χ4n) is 1.32. The van der Waals surface area contributed by atoms with Gasteiger partial charge in [-0.05, 0) is 18.6 Å². The van der Waals surface area contributed by atoms with E-state index in [0.717, 1.165) is 19.1 Å². The van der Waals surface area contributed by atoms with Gasteiger partial charge in [-0.2, -0.15) is 13.2 Å². The zero-order valence-corrected chi connectivity index (χ0v) is 9.72. The van der Waals surface area contributed by atoms with Crippen molar-refractivity contribution < 1.29 is 18.1 Å². The molecule has 0 heterocycles. The van der Waals surface area contributed by atoms with Crippen LogP contribution in [-0.2, 0) is 11.5 Å². The van der Waals surface area contributed by atoms with Crippen LogP contribution in [0.15, 0.2) is 12.1 Å². The zero-order chi connectivity index (χ0) is 12.5. The van der Waals surface area contributed by atoms with Crippen LogP contribution in [0.1, 0.15) is 16.7 Å². The van der Waals surface area contributed by atoms with E-state index in [9.17, 15) is 23.3 Å². The Balaban J connectivity index is 3.50. The summed E-state index contributed by atoms with van der Waals surface area (Å²) in [5, 5.41) is 10.7. The second-order valence-electron chi connectivity index (χ2n) is 3.18. The first-order valence-electron chi connectivity index (χ1n) is 4.18. The summed E-state index contributed by atoms with van der Waals surface area (Å²) in [6, 6.07) is 2.05. The highest BCUT2D eigenvalue weighted by molar-refractivity contribution is 9.08. The molecule has 1 aromatic carbocycles. The normalized spacial score (nSPS) is 11.6. The lowest BCUT2D eigenvalue weighted by Gasteiger charge is -2.11. The van der Waals surface area contributed by atoms with Crippen molar-refractivity contribution in [1.82, 2.24) is 0 Å². The first-order valence-corrected chi connectivity index (χ1v) is 5.30. The number of halogens is 4. The highest BCUT2D eigenvalue weighted by Crippen LogP contribution is 2.36. The summed E-state index contributed by atoms with van der Waals surface area (Å²) in [5.74, 6) is 0.